The molecule has 0 unspecified atom stereocenters. The van der Waals surface area contributed by atoms with E-state index in [0.29, 0.717) is 33.8 Å². The van der Waals surface area contributed by atoms with Gasteiger partial charge in [-0.1, -0.05) is 12.1 Å². The van der Waals surface area contributed by atoms with Gasteiger partial charge in [-0.25, -0.2) is 16.8 Å². The van der Waals surface area contributed by atoms with Crippen LogP contribution < -0.4 is 36.5 Å². The fourth-order valence-electron chi connectivity index (χ4n) is 4.63. The monoisotopic (exact) mass is 743 g/mol. The Balaban J connectivity index is 1.28. The minimum absolute atomic E-state index is 0.0438. The number of phenols is 1. The summed E-state index contributed by atoms with van der Waals surface area (Å²) in [5.41, 5.74) is 12.7. The van der Waals surface area contributed by atoms with Crippen LogP contribution in [0.25, 0.3) is 0 Å². The highest BCUT2D eigenvalue weighted by molar-refractivity contribution is 7.93. The quantitative estimate of drug-likeness (QED) is 0.0592. The summed E-state index contributed by atoms with van der Waals surface area (Å²) >= 11 is 5.58. The van der Waals surface area contributed by atoms with Crippen molar-refractivity contribution in [2.45, 2.75) is 37.5 Å². The summed E-state index contributed by atoms with van der Waals surface area (Å²) in [6.07, 6.45) is 0. The fraction of sp³-hybridized carbons (Fsp3) is 0.156. The van der Waals surface area contributed by atoms with Crippen molar-refractivity contribution in [3.8, 4) is 5.75 Å². The van der Waals surface area contributed by atoms with Crippen LogP contribution in [0.3, 0.4) is 0 Å². The van der Waals surface area contributed by atoms with Crippen molar-refractivity contribution in [3.63, 3.8) is 0 Å². The van der Waals surface area contributed by atoms with E-state index in [0.717, 1.165) is 0 Å². The van der Waals surface area contributed by atoms with E-state index in [-0.39, 0.29) is 38.4 Å². The van der Waals surface area contributed by atoms with E-state index in [1.165, 1.54) is 73.7 Å². The summed E-state index contributed by atoms with van der Waals surface area (Å²) in [4.78, 5) is 36.3. The van der Waals surface area contributed by atoms with Crippen molar-refractivity contribution in [1.82, 2.24) is 10.9 Å². The Morgan fingerprint density at radius 2 is 1.00 bits per heavy atom. The second-order valence-electron chi connectivity index (χ2n) is 10.9. The highest BCUT2D eigenvalue weighted by Crippen LogP contribution is 2.30. The number of hydrogen-bond donors (Lipinski definition) is 8. The lowest BCUT2D eigenvalue weighted by Gasteiger charge is -2.16. The van der Waals surface area contributed by atoms with Gasteiger partial charge in [0.1, 0.15) is 11.6 Å². The van der Waals surface area contributed by atoms with Crippen molar-refractivity contribution in [1.29, 1.82) is 0 Å². The summed E-state index contributed by atoms with van der Waals surface area (Å²) in [5, 5.41) is 12.7. The lowest BCUT2D eigenvalue weighted by molar-refractivity contribution is -0.138. The van der Waals surface area contributed by atoms with Crippen molar-refractivity contribution in [2.24, 2.45) is 0 Å². The van der Waals surface area contributed by atoms with E-state index >= 15 is 0 Å². The van der Waals surface area contributed by atoms with Gasteiger partial charge < -0.3 is 10.4 Å². The number of halogens is 1. The number of rotatable bonds is 12. The van der Waals surface area contributed by atoms with Gasteiger partial charge in [0.05, 0.1) is 21.2 Å². The van der Waals surface area contributed by atoms with Crippen LogP contribution in [0.4, 0.5) is 28.4 Å². The maximum absolute atomic E-state index is 13.1. The number of aryl methyl sites for hydroxylation is 2. The number of carbonyl (C=O) groups is 3. The predicted molar refractivity (Wildman–Crippen MR) is 191 cm³/mol. The lowest BCUT2D eigenvalue weighted by Crippen LogP contribution is -2.44. The molecule has 0 atom stereocenters. The predicted octanol–water partition coefficient (Wildman–Crippen LogP) is 3.99. The molecule has 0 bridgehead atoms. The van der Waals surface area contributed by atoms with Crippen LogP contribution in [-0.4, -0.2) is 45.5 Å². The van der Waals surface area contributed by atoms with Gasteiger partial charge in [0.25, 0.3) is 20.0 Å². The van der Waals surface area contributed by atoms with Gasteiger partial charge in [0.2, 0.25) is 5.91 Å². The average molecular weight is 744 g/mol. The van der Waals surface area contributed by atoms with Crippen LogP contribution in [0.15, 0.2) is 82.6 Å². The Morgan fingerprint density at radius 3 is 1.44 bits per heavy atom. The molecular weight excluding hydrogens is 710 g/mol. The minimum Gasteiger partial charge on any atom is -0.507 e. The summed E-state index contributed by atoms with van der Waals surface area (Å²) < 4.78 is 56.8. The zero-order chi connectivity index (χ0) is 36.8. The van der Waals surface area contributed by atoms with Crippen LogP contribution in [0, 0.1) is 27.7 Å². The smallest absolute Gasteiger partial charge is 0.329 e. The van der Waals surface area contributed by atoms with Crippen LogP contribution in [-0.2, 0) is 34.4 Å². The van der Waals surface area contributed by atoms with Crippen LogP contribution >= 0.6 is 11.6 Å². The van der Waals surface area contributed by atoms with E-state index in [2.05, 4.69) is 36.5 Å². The number of alkyl halides is 1. The van der Waals surface area contributed by atoms with Crippen molar-refractivity contribution in [2.75, 3.05) is 31.5 Å². The molecule has 4 rings (SSSR count). The molecule has 18 heteroatoms. The van der Waals surface area contributed by atoms with E-state index in [1.54, 1.807) is 26.8 Å². The molecule has 0 aliphatic carbocycles. The zero-order valence-corrected chi connectivity index (χ0v) is 29.5. The highest BCUT2D eigenvalue weighted by atomic mass is 35.5. The van der Waals surface area contributed by atoms with Gasteiger partial charge in [-0.2, -0.15) is 0 Å². The van der Waals surface area contributed by atoms with Gasteiger partial charge in [-0.05, 0) is 105 Å². The van der Waals surface area contributed by atoms with Crippen LogP contribution in [0.1, 0.15) is 22.3 Å². The first-order chi connectivity index (χ1) is 23.5. The van der Waals surface area contributed by atoms with Crippen molar-refractivity contribution >= 4 is 77.8 Å². The average Bonchev–Trinajstić information content (AvgIpc) is 3.07. The Kier molecular flexibility index (Phi) is 11.5. The first kappa shape index (κ1) is 37.3. The Morgan fingerprint density at radius 1 is 0.600 bits per heavy atom. The molecule has 0 aromatic heterocycles. The molecule has 0 fully saturated rings. The Bertz CT molecular complexity index is 2160. The van der Waals surface area contributed by atoms with E-state index < -0.39 is 37.8 Å². The largest absolute Gasteiger partial charge is 0.507 e. The zero-order valence-electron chi connectivity index (χ0n) is 27.1. The molecule has 0 saturated heterocycles. The number of nitrogens with one attached hydrogen (secondary N) is 7. The number of amides is 3. The second-order valence-corrected chi connectivity index (χ2v) is 14.5. The summed E-state index contributed by atoms with van der Waals surface area (Å²) in [7, 11) is -8.05. The fourth-order valence-corrected chi connectivity index (χ4v) is 7.31. The number of anilines is 5. The third-order valence-corrected chi connectivity index (χ3v) is 10.6. The van der Waals surface area contributed by atoms with Gasteiger partial charge in [0, 0.05) is 22.6 Å². The normalized spacial score (nSPS) is 11.2. The van der Waals surface area contributed by atoms with Gasteiger partial charge >= 0.3 is 11.8 Å². The molecule has 0 radical (unpaired) electrons. The number of sulfonamides is 2. The first-order valence-electron chi connectivity index (χ1n) is 14.7. The standard InChI is InChI=1S/C32H34ClN7O8S2/c1-18-5-15-26(20(3)29(18)34-28(41)17-33)49(45,46)39-24-11-7-22(8-12-24)35-37-31(43)32(44)38-36-23-9-13-25(14-10-23)40-50(47,48)27-16-6-19(2)30(42)21(27)4/h5-16,35-36,39-40,42H,17H2,1-4H3,(H,34,41)(H,37,43)(H,38,44). The molecule has 0 spiro atoms. The lowest BCUT2D eigenvalue weighted by atomic mass is 10.1. The third kappa shape index (κ3) is 8.93. The topological polar surface area (TPSA) is 224 Å². The SMILES string of the molecule is Cc1ccc(S(=O)(=O)Nc2ccc(NNC(=O)C(=O)NNc3ccc(NS(=O)(=O)c4ccc(C)c(NC(=O)CCl)c4C)cc3)cc2)c(C)c1O. The Labute approximate surface area is 293 Å². The maximum atomic E-state index is 13.1. The molecular formula is C32H34ClN7O8S2. The Hall–Kier alpha value is -5.52. The van der Waals surface area contributed by atoms with E-state index in [9.17, 15) is 36.3 Å². The minimum atomic E-state index is -4.05. The number of carbonyl (C=O) groups excluding carboxylic acids is 3. The molecule has 8 N–H and O–H groups in total. The molecule has 264 valence electrons. The third-order valence-electron chi connectivity index (χ3n) is 7.29. The molecule has 0 aliphatic heterocycles. The number of aromatic hydroxyl groups is 1. The van der Waals surface area contributed by atoms with E-state index in [4.69, 9.17) is 11.6 Å². The van der Waals surface area contributed by atoms with Gasteiger partial charge in [-0.15, -0.1) is 11.6 Å². The summed E-state index contributed by atoms with van der Waals surface area (Å²) in [5.74, 6) is -2.99. The molecule has 0 aliphatic rings. The summed E-state index contributed by atoms with van der Waals surface area (Å²) in [6, 6.07) is 17.5. The van der Waals surface area contributed by atoms with Crippen molar-refractivity contribution < 1.29 is 36.3 Å². The van der Waals surface area contributed by atoms with E-state index in [1.807, 2.05) is 0 Å². The van der Waals surface area contributed by atoms with Crippen molar-refractivity contribution in [3.05, 3.63) is 95.1 Å². The molecule has 50 heavy (non-hydrogen) atoms. The van der Waals surface area contributed by atoms with Gasteiger partial charge in [-0.3, -0.25) is 45.5 Å². The maximum Gasteiger partial charge on any atom is 0.329 e. The molecule has 15 nitrogen and oxygen atoms in total. The number of benzene rings is 4. The molecule has 4 aromatic carbocycles. The molecule has 4 aromatic rings. The number of phenolic OH excluding ortho intramolecular Hbond substituents is 1. The first-order valence-corrected chi connectivity index (χ1v) is 18.2. The van der Waals surface area contributed by atoms with Gasteiger partial charge in [0.15, 0.2) is 0 Å². The molecule has 0 saturated carbocycles. The van der Waals surface area contributed by atoms with Crippen LogP contribution in [0.2, 0.25) is 0 Å². The molecule has 3 amide bonds. The highest BCUT2D eigenvalue weighted by Gasteiger charge is 2.22. The number of hydrogen-bond acceptors (Lipinski definition) is 10. The second kappa shape index (κ2) is 15.4. The molecule has 0 heterocycles. The summed E-state index contributed by atoms with van der Waals surface area (Å²) in [6.45, 7) is 6.45. The van der Waals surface area contributed by atoms with Crippen LogP contribution in [0.5, 0.6) is 5.75 Å². The number of hydrazine groups is 2.